The van der Waals surface area contributed by atoms with Crippen LogP contribution < -0.4 is 5.73 Å². The summed E-state index contributed by atoms with van der Waals surface area (Å²) < 4.78 is 1.82. The fraction of sp³-hybridized carbons (Fsp3) is 0.429. The Labute approximate surface area is 128 Å². The molecule has 2 rings (SSSR count). The molecule has 2 aromatic rings. The lowest BCUT2D eigenvalue weighted by molar-refractivity contribution is 0.533. The number of nitrogens with two attached hydrogens (primary N) is 1. The molecule has 0 radical (unpaired) electrons. The molecule has 0 unspecified atom stereocenters. The fourth-order valence-corrected chi connectivity index (χ4v) is 2.16. The molecule has 20 heavy (non-hydrogen) atoms. The van der Waals surface area contributed by atoms with Crippen molar-refractivity contribution in [2.24, 2.45) is 5.73 Å². The quantitative estimate of drug-likeness (QED) is 0.920. The van der Waals surface area contributed by atoms with Crippen LogP contribution in [0.25, 0.3) is 0 Å². The highest BCUT2D eigenvalue weighted by Crippen LogP contribution is 2.23. The normalized spacial score (nSPS) is 11.8. The number of aromatic nitrogens is 3. The topological polar surface area (TPSA) is 56.7 Å². The SMILES string of the molecule is CC(C)(N)c1cn(CCCc2ccc(Cl)c(Cl)c2)nn1. The van der Waals surface area contributed by atoms with E-state index in [0.717, 1.165) is 25.1 Å². The van der Waals surface area contributed by atoms with E-state index in [1.54, 1.807) is 0 Å². The van der Waals surface area contributed by atoms with Crippen LogP contribution >= 0.6 is 23.2 Å². The Bertz CT molecular complexity index is 587. The first kappa shape index (κ1) is 15.3. The van der Waals surface area contributed by atoms with Gasteiger partial charge >= 0.3 is 0 Å². The second-order valence-corrected chi connectivity index (χ2v) is 6.25. The highest BCUT2D eigenvalue weighted by molar-refractivity contribution is 6.42. The van der Waals surface area contributed by atoms with Gasteiger partial charge in [0.2, 0.25) is 0 Å². The van der Waals surface area contributed by atoms with Gasteiger partial charge in [-0.1, -0.05) is 34.5 Å². The van der Waals surface area contributed by atoms with Gasteiger partial charge in [-0.15, -0.1) is 5.10 Å². The molecule has 4 nitrogen and oxygen atoms in total. The van der Waals surface area contributed by atoms with E-state index < -0.39 is 5.54 Å². The smallest absolute Gasteiger partial charge is 0.102 e. The Hall–Kier alpha value is -1.10. The van der Waals surface area contributed by atoms with Gasteiger partial charge < -0.3 is 5.73 Å². The summed E-state index contributed by atoms with van der Waals surface area (Å²) in [5.41, 5.74) is 7.49. The maximum absolute atomic E-state index is 5.99. The van der Waals surface area contributed by atoms with Crippen molar-refractivity contribution in [2.75, 3.05) is 0 Å². The van der Waals surface area contributed by atoms with Crippen molar-refractivity contribution < 1.29 is 0 Å². The van der Waals surface area contributed by atoms with E-state index in [0.29, 0.717) is 10.0 Å². The average Bonchev–Trinajstić information content (AvgIpc) is 2.82. The molecule has 0 aliphatic carbocycles. The number of benzene rings is 1. The van der Waals surface area contributed by atoms with Gasteiger partial charge in [-0.3, -0.25) is 4.68 Å². The molecule has 0 saturated carbocycles. The average molecular weight is 313 g/mol. The molecular formula is C14H18Cl2N4. The van der Waals surface area contributed by atoms with Crippen LogP contribution in [0, 0.1) is 0 Å². The van der Waals surface area contributed by atoms with Gasteiger partial charge in [-0.2, -0.15) is 0 Å². The summed E-state index contributed by atoms with van der Waals surface area (Å²) in [4.78, 5) is 0. The molecule has 0 aliphatic heterocycles. The maximum atomic E-state index is 5.99. The predicted octanol–water partition coefficient (Wildman–Crippen LogP) is 3.41. The molecule has 2 N–H and O–H groups in total. The third-order valence-corrected chi connectivity index (χ3v) is 3.77. The standard InChI is InChI=1S/C14H18Cl2N4/c1-14(2,17)13-9-20(19-18-13)7-3-4-10-5-6-11(15)12(16)8-10/h5-6,8-9H,3-4,7,17H2,1-2H3. The van der Waals surface area contributed by atoms with Crippen molar-refractivity contribution in [2.45, 2.75) is 38.8 Å². The van der Waals surface area contributed by atoms with Gasteiger partial charge in [0.1, 0.15) is 5.69 Å². The summed E-state index contributed by atoms with van der Waals surface area (Å²) in [7, 11) is 0. The van der Waals surface area contributed by atoms with Gasteiger partial charge in [0.05, 0.1) is 21.8 Å². The second-order valence-electron chi connectivity index (χ2n) is 5.44. The van der Waals surface area contributed by atoms with Gasteiger partial charge in [0, 0.05) is 6.54 Å². The molecule has 6 heteroatoms. The summed E-state index contributed by atoms with van der Waals surface area (Å²) in [6, 6.07) is 5.72. The monoisotopic (exact) mass is 312 g/mol. The number of halogens is 2. The summed E-state index contributed by atoms with van der Waals surface area (Å²) in [5, 5.41) is 9.35. The first-order chi connectivity index (χ1) is 9.36. The van der Waals surface area contributed by atoms with Crippen LogP contribution in [-0.2, 0) is 18.5 Å². The lowest BCUT2D eigenvalue weighted by Crippen LogP contribution is -2.29. The first-order valence-corrected chi connectivity index (χ1v) is 7.25. The minimum atomic E-state index is -0.456. The molecule has 0 fully saturated rings. The van der Waals surface area contributed by atoms with Crippen LogP contribution in [0.3, 0.4) is 0 Å². The Morgan fingerprint density at radius 1 is 1.25 bits per heavy atom. The molecule has 0 saturated heterocycles. The number of hydrogen-bond donors (Lipinski definition) is 1. The van der Waals surface area contributed by atoms with E-state index in [9.17, 15) is 0 Å². The van der Waals surface area contributed by atoms with E-state index in [2.05, 4.69) is 10.3 Å². The third-order valence-electron chi connectivity index (χ3n) is 3.04. The Morgan fingerprint density at radius 2 is 2.00 bits per heavy atom. The van der Waals surface area contributed by atoms with Gasteiger partial charge in [0.25, 0.3) is 0 Å². The van der Waals surface area contributed by atoms with Crippen molar-refractivity contribution in [3.63, 3.8) is 0 Å². The van der Waals surface area contributed by atoms with E-state index >= 15 is 0 Å². The molecule has 0 amide bonds. The summed E-state index contributed by atoms with van der Waals surface area (Å²) >= 11 is 11.9. The lowest BCUT2D eigenvalue weighted by atomic mass is 10.0. The largest absolute Gasteiger partial charge is 0.320 e. The maximum Gasteiger partial charge on any atom is 0.102 e. The van der Waals surface area contributed by atoms with E-state index in [1.807, 2.05) is 42.9 Å². The van der Waals surface area contributed by atoms with Crippen molar-refractivity contribution in [3.05, 3.63) is 45.7 Å². The predicted molar refractivity (Wildman–Crippen MR) is 82.0 cm³/mol. The van der Waals surface area contributed by atoms with Gasteiger partial charge in [-0.05, 0) is 44.4 Å². The van der Waals surface area contributed by atoms with Crippen LogP contribution in [-0.4, -0.2) is 15.0 Å². The van der Waals surface area contributed by atoms with Gasteiger partial charge in [0.15, 0.2) is 0 Å². The zero-order chi connectivity index (χ0) is 14.8. The Balaban J connectivity index is 1.89. The molecule has 1 heterocycles. The third kappa shape index (κ3) is 3.95. The Kier molecular flexibility index (Phi) is 4.68. The van der Waals surface area contributed by atoms with Crippen LogP contribution in [0.2, 0.25) is 10.0 Å². The number of rotatable bonds is 5. The summed E-state index contributed by atoms with van der Waals surface area (Å²) in [6.45, 7) is 4.62. The molecule has 0 spiro atoms. The number of aryl methyl sites for hydroxylation is 2. The highest BCUT2D eigenvalue weighted by Gasteiger charge is 2.17. The number of nitrogens with zero attached hydrogens (tertiary/aromatic N) is 3. The minimum absolute atomic E-state index is 0.456. The molecule has 0 aliphatic rings. The zero-order valence-electron chi connectivity index (χ0n) is 11.6. The zero-order valence-corrected chi connectivity index (χ0v) is 13.1. The lowest BCUT2D eigenvalue weighted by Gasteiger charge is -2.13. The second kappa shape index (κ2) is 6.12. The minimum Gasteiger partial charge on any atom is -0.320 e. The van der Waals surface area contributed by atoms with Gasteiger partial charge in [-0.25, -0.2) is 0 Å². The summed E-state index contributed by atoms with van der Waals surface area (Å²) in [5.74, 6) is 0. The molecule has 0 atom stereocenters. The number of hydrogen-bond acceptors (Lipinski definition) is 3. The molecule has 1 aromatic heterocycles. The summed E-state index contributed by atoms with van der Waals surface area (Å²) in [6.07, 6.45) is 3.76. The van der Waals surface area contributed by atoms with Crippen LogP contribution in [0.15, 0.2) is 24.4 Å². The van der Waals surface area contributed by atoms with Crippen molar-refractivity contribution in [3.8, 4) is 0 Å². The van der Waals surface area contributed by atoms with Crippen molar-refractivity contribution >= 4 is 23.2 Å². The molecule has 0 bridgehead atoms. The van der Waals surface area contributed by atoms with E-state index in [4.69, 9.17) is 28.9 Å². The molecular weight excluding hydrogens is 295 g/mol. The van der Waals surface area contributed by atoms with Crippen molar-refractivity contribution in [1.82, 2.24) is 15.0 Å². The fourth-order valence-electron chi connectivity index (χ4n) is 1.84. The molecule has 1 aromatic carbocycles. The van der Waals surface area contributed by atoms with E-state index in [-0.39, 0.29) is 0 Å². The highest BCUT2D eigenvalue weighted by atomic mass is 35.5. The van der Waals surface area contributed by atoms with Crippen LogP contribution in [0.4, 0.5) is 0 Å². The Morgan fingerprint density at radius 3 is 2.60 bits per heavy atom. The van der Waals surface area contributed by atoms with E-state index in [1.165, 1.54) is 5.56 Å². The van der Waals surface area contributed by atoms with Crippen molar-refractivity contribution in [1.29, 1.82) is 0 Å². The molecule has 108 valence electrons. The first-order valence-electron chi connectivity index (χ1n) is 6.49. The van der Waals surface area contributed by atoms with Crippen LogP contribution in [0.5, 0.6) is 0 Å². The van der Waals surface area contributed by atoms with Crippen LogP contribution in [0.1, 0.15) is 31.5 Å².